The van der Waals surface area contributed by atoms with Gasteiger partial charge in [-0.25, -0.2) is 4.79 Å². The Kier molecular flexibility index (Phi) is 3.30. The van der Waals surface area contributed by atoms with Crippen LogP contribution in [0.25, 0.3) is 0 Å². The number of carboxylic acid groups (broad SMARTS) is 1. The van der Waals surface area contributed by atoms with Crippen molar-refractivity contribution in [3.05, 3.63) is 54.1 Å². The van der Waals surface area contributed by atoms with E-state index in [1.54, 1.807) is 24.5 Å². The Hall–Kier alpha value is -2.43. The minimum Gasteiger partial charge on any atom is -0.486 e. The van der Waals surface area contributed by atoms with Gasteiger partial charge in [0.1, 0.15) is 12.2 Å². The van der Waals surface area contributed by atoms with E-state index in [1.165, 1.54) is 18.5 Å². The maximum atomic E-state index is 10.9. The molecule has 0 atom stereocenters. The average molecular weight is 230 g/mol. The Morgan fingerprint density at radius 2 is 1.88 bits per heavy atom. The van der Waals surface area contributed by atoms with Gasteiger partial charge >= 0.3 is 5.97 Å². The van der Waals surface area contributed by atoms with E-state index in [9.17, 15) is 4.79 Å². The second-order valence-electron chi connectivity index (χ2n) is 3.32. The highest BCUT2D eigenvalue weighted by Gasteiger charge is 2.10. The van der Waals surface area contributed by atoms with Gasteiger partial charge in [0.25, 0.3) is 0 Å². The molecule has 1 N–H and O–H groups in total. The number of aromatic carboxylic acids is 1. The van der Waals surface area contributed by atoms with Crippen LogP contribution in [-0.4, -0.2) is 21.0 Å². The number of carbonyl (C=O) groups is 1. The number of carboxylic acids is 1. The first kappa shape index (κ1) is 11.1. The summed E-state index contributed by atoms with van der Waals surface area (Å²) in [5.41, 5.74) is 1.02. The first-order chi connectivity index (χ1) is 8.27. The predicted octanol–water partition coefficient (Wildman–Crippen LogP) is 1.75. The van der Waals surface area contributed by atoms with Gasteiger partial charge in [0.2, 0.25) is 0 Å². The Bertz CT molecular complexity index is 514. The SMILES string of the molecule is O=C(O)c1ccncc1OCc1ccncc1. The van der Waals surface area contributed by atoms with E-state index in [2.05, 4.69) is 9.97 Å². The fourth-order valence-corrected chi connectivity index (χ4v) is 1.31. The number of hydrogen-bond acceptors (Lipinski definition) is 4. The minimum atomic E-state index is -1.03. The summed E-state index contributed by atoms with van der Waals surface area (Å²) in [7, 11) is 0. The van der Waals surface area contributed by atoms with E-state index in [1.807, 2.05) is 0 Å². The summed E-state index contributed by atoms with van der Waals surface area (Å²) in [6, 6.07) is 5.01. The van der Waals surface area contributed by atoms with Crippen molar-refractivity contribution in [2.75, 3.05) is 0 Å². The van der Waals surface area contributed by atoms with Crippen LogP contribution >= 0.6 is 0 Å². The molecule has 17 heavy (non-hydrogen) atoms. The zero-order chi connectivity index (χ0) is 12.1. The summed E-state index contributed by atoms with van der Waals surface area (Å²) < 4.78 is 5.41. The highest BCUT2D eigenvalue weighted by molar-refractivity contribution is 5.90. The van der Waals surface area contributed by atoms with Crippen LogP contribution in [-0.2, 0) is 6.61 Å². The summed E-state index contributed by atoms with van der Waals surface area (Å²) in [5.74, 6) is -0.769. The summed E-state index contributed by atoms with van der Waals surface area (Å²) in [5, 5.41) is 8.95. The molecule has 0 aliphatic rings. The zero-order valence-electron chi connectivity index (χ0n) is 8.91. The molecular formula is C12H10N2O3. The number of ether oxygens (including phenoxy) is 1. The molecule has 0 saturated carbocycles. The Labute approximate surface area is 97.7 Å². The molecule has 2 rings (SSSR count). The lowest BCUT2D eigenvalue weighted by molar-refractivity contribution is 0.0691. The Morgan fingerprint density at radius 1 is 1.18 bits per heavy atom. The molecule has 2 aromatic heterocycles. The van der Waals surface area contributed by atoms with E-state index in [-0.39, 0.29) is 17.9 Å². The lowest BCUT2D eigenvalue weighted by Crippen LogP contribution is -2.03. The van der Waals surface area contributed by atoms with Crippen molar-refractivity contribution in [1.29, 1.82) is 0 Å². The topological polar surface area (TPSA) is 72.3 Å². The van der Waals surface area contributed by atoms with Gasteiger partial charge in [-0.2, -0.15) is 0 Å². The molecule has 0 aliphatic carbocycles. The molecule has 0 bridgehead atoms. The number of aromatic nitrogens is 2. The standard InChI is InChI=1S/C12H10N2O3/c15-12(16)10-3-6-14-7-11(10)17-8-9-1-4-13-5-2-9/h1-7H,8H2,(H,15,16). The third kappa shape index (κ3) is 2.78. The summed E-state index contributed by atoms with van der Waals surface area (Å²) in [4.78, 5) is 18.6. The van der Waals surface area contributed by atoms with E-state index in [0.717, 1.165) is 5.56 Å². The highest BCUT2D eigenvalue weighted by atomic mass is 16.5. The molecule has 0 aromatic carbocycles. The molecule has 2 aromatic rings. The molecule has 86 valence electrons. The average Bonchev–Trinajstić information content (AvgIpc) is 2.38. The van der Waals surface area contributed by atoms with Gasteiger partial charge in [0.15, 0.2) is 5.75 Å². The van der Waals surface area contributed by atoms with Gasteiger partial charge in [-0.3, -0.25) is 9.97 Å². The predicted molar refractivity (Wildman–Crippen MR) is 59.8 cm³/mol. The second kappa shape index (κ2) is 5.07. The van der Waals surface area contributed by atoms with Gasteiger partial charge in [0, 0.05) is 18.6 Å². The normalized spacial score (nSPS) is 9.88. The second-order valence-corrected chi connectivity index (χ2v) is 3.32. The van der Waals surface area contributed by atoms with Crippen LogP contribution in [0.2, 0.25) is 0 Å². The van der Waals surface area contributed by atoms with Crippen LogP contribution < -0.4 is 4.74 Å². The smallest absolute Gasteiger partial charge is 0.339 e. The summed E-state index contributed by atoms with van der Waals surface area (Å²) in [6.07, 6.45) is 6.12. The molecule has 0 radical (unpaired) electrons. The number of pyridine rings is 2. The van der Waals surface area contributed by atoms with E-state index >= 15 is 0 Å². The van der Waals surface area contributed by atoms with Crippen molar-refractivity contribution in [3.8, 4) is 5.75 Å². The van der Waals surface area contributed by atoms with Crippen LogP contribution in [0.3, 0.4) is 0 Å². The first-order valence-corrected chi connectivity index (χ1v) is 4.96. The maximum Gasteiger partial charge on any atom is 0.339 e. The summed E-state index contributed by atoms with van der Waals surface area (Å²) >= 11 is 0. The van der Waals surface area contributed by atoms with Crippen LogP contribution in [0.5, 0.6) is 5.75 Å². The Morgan fingerprint density at radius 3 is 2.59 bits per heavy atom. The molecule has 0 saturated heterocycles. The first-order valence-electron chi connectivity index (χ1n) is 4.96. The van der Waals surface area contributed by atoms with Crippen molar-refractivity contribution in [1.82, 2.24) is 9.97 Å². The number of nitrogens with zero attached hydrogens (tertiary/aromatic N) is 2. The van der Waals surface area contributed by atoms with Crippen molar-refractivity contribution in [2.24, 2.45) is 0 Å². The third-order valence-corrected chi connectivity index (χ3v) is 2.16. The van der Waals surface area contributed by atoms with Crippen LogP contribution in [0.1, 0.15) is 15.9 Å². The molecule has 0 fully saturated rings. The molecular weight excluding hydrogens is 220 g/mol. The van der Waals surface area contributed by atoms with E-state index in [4.69, 9.17) is 9.84 Å². The zero-order valence-corrected chi connectivity index (χ0v) is 8.91. The monoisotopic (exact) mass is 230 g/mol. The van der Waals surface area contributed by atoms with Crippen LogP contribution in [0.15, 0.2) is 43.0 Å². The molecule has 2 heterocycles. The number of rotatable bonds is 4. The van der Waals surface area contributed by atoms with E-state index < -0.39 is 5.97 Å². The van der Waals surface area contributed by atoms with Crippen LogP contribution in [0.4, 0.5) is 0 Å². The van der Waals surface area contributed by atoms with Gasteiger partial charge < -0.3 is 9.84 Å². The molecule has 0 unspecified atom stereocenters. The lowest BCUT2D eigenvalue weighted by atomic mass is 10.2. The fraction of sp³-hybridized carbons (Fsp3) is 0.0833. The van der Waals surface area contributed by atoms with Crippen molar-refractivity contribution in [2.45, 2.75) is 6.61 Å². The highest BCUT2D eigenvalue weighted by Crippen LogP contribution is 2.17. The third-order valence-electron chi connectivity index (χ3n) is 2.16. The van der Waals surface area contributed by atoms with Gasteiger partial charge in [-0.05, 0) is 23.8 Å². The van der Waals surface area contributed by atoms with E-state index in [0.29, 0.717) is 0 Å². The largest absolute Gasteiger partial charge is 0.486 e. The molecule has 0 amide bonds. The minimum absolute atomic E-state index is 0.106. The summed E-state index contributed by atoms with van der Waals surface area (Å²) in [6.45, 7) is 0.286. The van der Waals surface area contributed by atoms with Crippen LogP contribution in [0, 0.1) is 0 Å². The number of hydrogen-bond donors (Lipinski definition) is 1. The maximum absolute atomic E-state index is 10.9. The van der Waals surface area contributed by atoms with Gasteiger partial charge in [0.05, 0.1) is 6.20 Å². The van der Waals surface area contributed by atoms with Gasteiger partial charge in [-0.15, -0.1) is 0 Å². The van der Waals surface area contributed by atoms with Crippen molar-refractivity contribution < 1.29 is 14.6 Å². The quantitative estimate of drug-likeness (QED) is 0.866. The fourth-order valence-electron chi connectivity index (χ4n) is 1.31. The van der Waals surface area contributed by atoms with Crippen molar-refractivity contribution >= 4 is 5.97 Å². The Balaban J connectivity index is 2.12. The molecule has 5 nitrogen and oxygen atoms in total. The van der Waals surface area contributed by atoms with Crippen molar-refractivity contribution in [3.63, 3.8) is 0 Å². The molecule has 5 heteroatoms. The molecule has 0 spiro atoms. The van der Waals surface area contributed by atoms with Gasteiger partial charge in [-0.1, -0.05) is 0 Å². The molecule has 0 aliphatic heterocycles. The lowest BCUT2D eigenvalue weighted by Gasteiger charge is -2.07.